The quantitative estimate of drug-likeness (QED) is 0.582. The summed E-state index contributed by atoms with van der Waals surface area (Å²) in [5.41, 5.74) is 1.34. The predicted octanol–water partition coefficient (Wildman–Crippen LogP) is 3.58. The molecule has 3 rings (SSSR count). The first-order chi connectivity index (χ1) is 14.1. The van der Waals surface area contributed by atoms with Gasteiger partial charge in [-0.15, -0.1) is 0 Å². The van der Waals surface area contributed by atoms with Gasteiger partial charge < -0.3 is 15.5 Å². The molecule has 156 valence electrons. The van der Waals surface area contributed by atoms with E-state index in [-0.39, 0.29) is 11.8 Å². The van der Waals surface area contributed by atoms with Gasteiger partial charge in [0.1, 0.15) is 0 Å². The number of fused-ring (bicyclic) bond motifs is 1. The van der Waals surface area contributed by atoms with E-state index in [0.717, 1.165) is 51.4 Å². The van der Waals surface area contributed by atoms with E-state index in [2.05, 4.69) is 60.0 Å². The number of likely N-dealkylation sites (tertiary alicyclic amines) is 1. The van der Waals surface area contributed by atoms with Crippen LogP contribution in [0.4, 0.5) is 0 Å². The maximum absolute atomic E-state index is 12.2. The number of hydrogen-bond acceptors (Lipinski definition) is 2. The van der Waals surface area contributed by atoms with Gasteiger partial charge in [0, 0.05) is 38.1 Å². The second-order valence-electron chi connectivity index (χ2n) is 8.05. The van der Waals surface area contributed by atoms with E-state index in [1.807, 2.05) is 18.7 Å². The lowest BCUT2D eigenvalue weighted by molar-refractivity contribution is -0.135. The molecule has 1 fully saturated rings. The number of amides is 1. The number of aliphatic imine (C=N–C) groups is 1. The molecular formula is C24H34N4O. The molecule has 1 amide bonds. The van der Waals surface area contributed by atoms with E-state index >= 15 is 0 Å². The van der Waals surface area contributed by atoms with Crippen LogP contribution in [0.15, 0.2) is 47.5 Å². The van der Waals surface area contributed by atoms with Gasteiger partial charge in [0.05, 0.1) is 0 Å². The Kier molecular flexibility index (Phi) is 7.50. The third-order valence-electron chi connectivity index (χ3n) is 5.52. The Morgan fingerprint density at radius 1 is 1.14 bits per heavy atom. The molecule has 0 aliphatic carbocycles. The monoisotopic (exact) mass is 394 g/mol. The highest BCUT2D eigenvalue weighted by molar-refractivity contribution is 5.85. The Labute approximate surface area is 174 Å². The molecule has 1 aliphatic rings. The number of rotatable bonds is 6. The number of carbonyl (C=O) groups excluding carboxylic acids is 1. The summed E-state index contributed by atoms with van der Waals surface area (Å²) in [6, 6.07) is 15.4. The first-order valence-corrected chi connectivity index (χ1v) is 10.9. The van der Waals surface area contributed by atoms with Crippen LogP contribution in [0.5, 0.6) is 0 Å². The summed E-state index contributed by atoms with van der Waals surface area (Å²) in [5, 5.41) is 9.52. The highest BCUT2D eigenvalue weighted by atomic mass is 16.2. The second kappa shape index (κ2) is 10.3. The SMILES string of the molecule is CCNC(=NCCc1cccc2ccccc12)NC1CCN(C(=O)C(C)C)CC1. The molecule has 2 aromatic rings. The van der Waals surface area contributed by atoms with Gasteiger partial charge in [-0.1, -0.05) is 56.3 Å². The van der Waals surface area contributed by atoms with Crippen molar-refractivity contribution in [3.05, 3.63) is 48.0 Å². The van der Waals surface area contributed by atoms with E-state index in [1.165, 1.54) is 16.3 Å². The van der Waals surface area contributed by atoms with Crippen LogP contribution in [0.25, 0.3) is 10.8 Å². The molecule has 0 atom stereocenters. The first-order valence-electron chi connectivity index (χ1n) is 10.9. The fourth-order valence-corrected chi connectivity index (χ4v) is 3.92. The van der Waals surface area contributed by atoms with Crippen LogP contribution >= 0.6 is 0 Å². The van der Waals surface area contributed by atoms with Crippen LogP contribution in [0.1, 0.15) is 39.2 Å². The molecule has 0 bridgehead atoms. The molecule has 5 nitrogen and oxygen atoms in total. The highest BCUT2D eigenvalue weighted by Gasteiger charge is 2.24. The van der Waals surface area contributed by atoms with E-state index in [4.69, 9.17) is 4.99 Å². The maximum Gasteiger partial charge on any atom is 0.225 e. The van der Waals surface area contributed by atoms with Gasteiger partial charge in [-0.05, 0) is 42.5 Å². The van der Waals surface area contributed by atoms with Gasteiger partial charge in [-0.3, -0.25) is 9.79 Å². The lowest BCUT2D eigenvalue weighted by Crippen LogP contribution is -2.50. The van der Waals surface area contributed by atoms with Gasteiger partial charge in [0.2, 0.25) is 5.91 Å². The summed E-state index contributed by atoms with van der Waals surface area (Å²) in [7, 11) is 0. The zero-order chi connectivity index (χ0) is 20.6. The summed E-state index contributed by atoms with van der Waals surface area (Å²) < 4.78 is 0. The zero-order valence-corrected chi connectivity index (χ0v) is 17.9. The number of piperidine rings is 1. The van der Waals surface area contributed by atoms with Gasteiger partial charge in [-0.25, -0.2) is 0 Å². The average Bonchev–Trinajstić information content (AvgIpc) is 2.74. The largest absolute Gasteiger partial charge is 0.357 e. The third kappa shape index (κ3) is 5.72. The molecule has 0 aromatic heterocycles. The minimum atomic E-state index is 0.0764. The smallest absolute Gasteiger partial charge is 0.225 e. The Morgan fingerprint density at radius 3 is 2.59 bits per heavy atom. The number of carbonyl (C=O) groups is 1. The Hall–Kier alpha value is -2.56. The molecule has 2 aromatic carbocycles. The lowest BCUT2D eigenvalue weighted by Gasteiger charge is -2.34. The van der Waals surface area contributed by atoms with Crippen LogP contribution in [-0.4, -0.2) is 49.0 Å². The summed E-state index contributed by atoms with van der Waals surface area (Å²) in [5.74, 6) is 1.22. The number of nitrogens with zero attached hydrogens (tertiary/aromatic N) is 2. The molecule has 1 heterocycles. The molecule has 1 aliphatic heterocycles. The standard InChI is InChI=1S/C24H34N4O/c1-4-25-24(27-21-13-16-28(17-14-21)23(29)18(2)3)26-15-12-20-10-7-9-19-8-5-6-11-22(19)20/h5-11,18,21H,4,12-17H2,1-3H3,(H2,25,26,27). The van der Waals surface area contributed by atoms with E-state index < -0.39 is 0 Å². The fourth-order valence-electron chi connectivity index (χ4n) is 3.92. The van der Waals surface area contributed by atoms with Crippen molar-refractivity contribution in [3.63, 3.8) is 0 Å². The molecule has 1 saturated heterocycles. The van der Waals surface area contributed by atoms with E-state index in [9.17, 15) is 4.79 Å². The normalized spacial score (nSPS) is 15.7. The summed E-state index contributed by atoms with van der Waals surface area (Å²) in [6.07, 6.45) is 2.84. The van der Waals surface area contributed by atoms with E-state index in [1.54, 1.807) is 0 Å². The molecule has 0 radical (unpaired) electrons. The van der Waals surface area contributed by atoms with Crippen molar-refractivity contribution in [2.45, 2.75) is 46.1 Å². The number of hydrogen-bond donors (Lipinski definition) is 2. The van der Waals surface area contributed by atoms with Crippen molar-refractivity contribution in [1.29, 1.82) is 0 Å². The van der Waals surface area contributed by atoms with Gasteiger partial charge >= 0.3 is 0 Å². The third-order valence-corrected chi connectivity index (χ3v) is 5.52. The predicted molar refractivity (Wildman–Crippen MR) is 121 cm³/mol. The van der Waals surface area contributed by atoms with Crippen LogP contribution in [0.2, 0.25) is 0 Å². The van der Waals surface area contributed by atoms with Gasteiger partial charge in [0.25, 0.3) is 0 Å². The zero-order valence-electron chi connectivity index (χ0n) is 17.9. The number of benzene rings is 2. The summed E-state index contributed by atoms with van der Waals surface area (Å²) >= 11 is 0. The Bertz CT molecular complexity index is 832. The Morgan fingerprint density at radius 2 is 1.86 bits per heavy atom. The Balaban J connectivity index is 1.56. The second-order valence-corrected chi connectivity index (χ2v) is 8.05. The number of nitrogens with one attached hydrogen (secondary N) is 2. The molecule has 2 N–H and O–H groups in total. The van der Waals surface area contributed by atoms with Crippen molar-refractivity contribution in [2.75, 3.05) is 26.2 Å². The minimum absolute atomic E-state index is 0.0764. The molecule has 0 spiro atoms. The van der Waals surface area contributed by atoms with Crippen LogP contribution < -0.4 is 10.6 Å². The van der Waals surface area contributed by atoms with Crippen molar-refractivity contribution in [2.24, 2.45) is 10.9 Å². The van der Waals surface area contributed by atoms with Crippen molar-refractivity contribution < 1.29 is 4.79 Å². The van der Waals surface area contributed by atoms with Crippen LogP contribution in [0, 0.1) is 5.92 Å². The maximum atomic E-state index is 12.2. The van der Waals surface area contributed by atoms with Crippen molar-refractivity contribution in [1.82, 2.24) is 15.5 Å². The van der Waals surface area contributed by atoms with Crippen LogP contribution in [-0.2, 0) is 11.2 Å². The van der Waals surface area contributed by atoms with Crippen molar-refractivity contribution in [3.8, 4) is 0 Å². The lowest BCUT2D eigenvalue weighted by atomic mass is 10.0. The van der Waals surface area contributed by atoms with E-state index in [0.29, 0.717) is 6.04 Å². The molecular weight excluding hydrogens is 360 g/mol. The first kappa shape index (κ1) is 21.2. The fraction of sp³-hybridized carbons (Fsp3) is 0.500. The van der Waals surface area contributed by atoms with Crippen LogP contribution in [0.3, 0.4) is 0 Å². The van der Waals surface area contributed by atoms with Crippen molar-refractivity contribution >= 4 is 22.6 Å². The minimum Gasteiger partial charge on any atom is -0.357 e. The number of guanidine groups is 1. The summed E-state index contributed by atoms with van der Waals surface area (Å²) in [6.45, 7) is 9.26. The molecule has 0 saturated carbocycles. The highest BCUT2D eigenvalue weighted by Crippen LogP contribution is 2.19. The molecule has 0 unspecified atom stereocenters. The molecule has 29 heavy (non-hydrogen) atoms. The van der Waals surface area contributed by atoms with Gasteiger partial charge in [-0.2, -0.15) is 0 Å². The average molecular weight is 395 g/mol. The van der Waals surface area contributed by atoms with Gasteiger partial charge in [0.15, 0.2) is 5.96 Å². The molecule has 5 heteroatoms. The summed E-state index contributed by atoms with van der Waals surface area (Å²) in [4.78, 5) is 19.0. The topological polar surface area (TPSA) is 56.7 Å².